The molecule has 0 amide bonds. The fourth-order valence-corrected chi connectivity index (χ4v) is 1.25. The highest BCUT2D eigenvalue weighted by Crippen LogP contribution is 2.35. The summed E-state index contributed by atoms with van der Waals surface area (Å²) in [5.41, 5.74) is -2.49. The summed E-state index contributed by atoms with van der Waals surface area (Å²) in [5.74, 6) is -2.83. The summed E-state index contributed by atoms with van der Waals surface area (Å²) >= 11 is 0. The van der Waals surface area contributed by atoms with Gasteiger partial charge in [-0.3, -0.25) is 14.9 Å². The van der Waals surface area contributed by atoms with Gasteiger partial charge in [-0.05, 0) is 12.1 Å². The quantitative estimate of drug-likeness (QED) is 0.491. The fraction of sp³-hybridized carbons (Fsp3) is 0.111. The van der Waals surface area contributed by atoms with Crippen LogP contribution in [-0.2, 0) is 0 Å². The number of halogens is 2. The molecular formula is C9H5F2NO6. The molecule has 0 aliphatic heterocycles. The van der Waals surface area contributed by atoms with E-state index in [1.807, 2.05) is 0 Å². The molecule has 0 aromatic heterocycles. The molecule has 9 heteroatoms. The van der Waals surface area contributed by atoms with Crippen molar-refractivity contribution in [2.75, 3.05) is 0 Å². The molecule has 0 aliphatic rings. The van der Waals surface area contributed by atoms with Crippen molar-refractivity contribution < 1.29 is 33.1 Å². The lowest BCUT2D eigenvalue weighted by molar-refractivity contribution is -0.386. The number of carbonyl (C=O) groups is 2. The van der Waals surface area contributed by atoms with E-state index in [0.717, 1.165) is 12.1 Å². The van der Waals surface area contributed by atoms with Crippen LogP contribution in [0.2, 0.25) is 0 Å². The van der Waals surface area contributed by atoms with Gasteiger partial charge in [0.1, 0.15) is 5.56 Å². The third kappa shape index (κ3) is 2.56. The summed E-state index contributed by atoms with van der Waals surface area (Å²) in [4.78, 5) is 30.8. The maximum absolute atomic E-state index is 12.1. The van der Waals surface area contributed by atoms with E-state index in [0.29, 0.717) is 0 Å². The number of nitro groups is 1. The lowest BCUT2D eigenvalue weighted by Crippen LogP contribution is -2.11. The number of benzene rings is 1. The predicted molar refractivity (Wildman–Crippen MR) is 52.1 cm³/mol. The van der Waals surface area contributed by atoms with E-state index in [1.54, 1.807) is 0 Å². The molecule has 0 saturated heterocycles. The molecule has 0 spiro atoms. The SMILES string of the molecule is O=Cc1ccc(C(=O)O)c(OC(F)F)c1[N+](=O)[O-]. The van der Waals surface area contributed by atoms with Gasteiger partial charge in [-0.25, -0.2) is 4.79 Å². The van der Waals surface area contributed by atoms with Crippen molar-refractivity contribution in [3.8, 4) is 5.75 Å². The molecule has 1 N–H and O–H groups in total. The summed E-state index contributed by atoms with van der Waals surface area (Å²) in [7, 11) is 0. The third-order valence-electron chi connectivity index (χ3n) is 1.91. The van der Waals surface area contributed by atoms with Crippen LogP contribution >= 0.6 is 0 Å². The minimum atomic E-state index is -3.45. The van der Waals surface area contributed by atoms with Crippen molar-refractivity contribution in [3.63, 3.8) is 0 Å². The monoisotopic (exact) mass is 261 g/mol. The number of hydrogen-bond acceptors (Lipinski definition) is 5. The average Bonchev–Trinajstić information content (AvgIpc) is 2.26. The highest BCUT2D eigenvalue weighted by atomic mass is 19.3. The lowest BCUT2D eigenvalue weighted by atomic mass is 10.1. The normalized spacial score (nSPS) is 10.2. The van der Waals surface area contributed by atoms with Crippen molar-refractivity contribution in [2.24, 2.45) is 0 Å². The molecule has 1 rings (SSSR count). The van der Waals surface area contributed by atoms with E-state index in [1.165, 1.54) is 0 Å². The summed E-state index contributed by atoms with van der Waals surface area (Å²) < 4.78 is 28.1. The minimum Gasteiger partial charge on any atom is -0.478 e. The number of hydrogen-bond donors (Lipinski definition) is 1. The molecule has 18 heavy (non-hydrogen) atoms. The van der Waals surface area contributed by atoms with E-state index in [2.05, 4.69) is 4.74 Å². The summed E-state index contributed by atoms with van der Waals surface area (Å²) in [6.07, 6.45) is 0.0437. The lowest BCUT2D eigenvalue weighted by Gasteiger charge is -2.09. The Hall–Kier alpha value is -2.58. The number of rotatable bonds is 5. The van der Waals surface area contributed by atoms with Crippen LogP contribution < -0.4 is 4.74 Å². The van der Waals surface area contributed by atoms with E-state index < -0.39 is 40.1 Å². The highest BCUT2D eigenvalue weighted by Gasteiger charge is 2.29. The highest BCUT2D eigenvalue weighted by molar-refractivity contribution is 5.96. The number of ether oxygens (including phenoxy) is 1. The topological polar surface area (TPSA) is 107 Å². The number of nitrogens with zero attached hydrogens (tertiary/aromatic N) is 1. The molecule has 0 atom stereocenters. The molecule has 1 aromatic rings. The van der Waals surface area contributed by atoms with Gasteiger partial charge >= 0.3 is 18.3 Å². The number of nitro benzene ring substituents is 1. The fourth-order valence-electron chi connectivity index (χ4n) is 1.25. The smallest absolute Gasteiger partial charge is 0.387 e. The number of carbonyl (C=O) groups excluding carboxylic acids is 1. The van der Waals surface area contributed by atoms with Crippen molar-refractivity contribution >= 4 is 17.9 Å². The second kappa shape index (κ2) is 5.17. The van der Waals surface area contributed by atoms with E-state index in [-0.39, 0.29) is 6.29 Å². The number of aldehydes is 1. The second-order valence-electron chi connectivity index (χ2n) is 2.94. The van der Waals surface area contributed by atoms with Gasteiger partial charge < -0.3 is 9.84 Å². The van der Waals surface area contributed by atoms with Crippen LogP contribution in [-0.4, -0.2) is 28.9 Å². The molecule has 96 valence electrons. The standard InChI is InChI=1S/C9H5F2NO6/c10-9(11)18-7-5(8(14)15)2-1-4(3-13)6(7)12(16)17/h1-3,9H,(H,14,15). The van der Waals surface area contributed by atoms with Gasteiger partial charge in [-0.15, -0.1) is 0 Å². The third-order valence-corrected chi connectivity index (χ3v) is 1.91. The van der Waals surface area contributed by atoms with Crippen molar-refractivity contribution in [1.82, 2.24) is 0 Å². The molecular weight excluding hydrogens is 256 g/mol. The van der Waals surface area contributed by atoms with Crippen molar-refractivity contribution in [3.05, 3.63) is 33.4 Å². The predicted octanol–water partition coefficient (Wildman–Crippen LogP) is 1.71. The first-order valence-corrected chi connectivity index (χ1v) is 4.33. The number of alkyl halides is 2. The second-order valence-corrected chi connectivity index (χ2v) is 2.94. The van der Waals surface area contributed by atoms with E-state index in [9.17, 15) is 28.5 Å². The molecule has 0 bridgehead atoms. The maximum atomic E-state index is 12.1. The van der Waals surface area contributed by atoms with Crippen LogP contribution in [0.15, 0.2) is 12.1 Å². The van der Waals surface area contributed by atoms with Gasteiger partial charge in [-0.2, -0.15) is 8.78 Å². The van der Waals surface area contributed by atoms with Crippen LogP contribution in [0.3, 0.4) is 0 Å². The molecule has 7 nitrogen and oxygen atoms in total. The van der Waals surface area contributed by atoms with Gasteiger partial charge in [0.05, 0.1) is 10.5 Å². The first-order chi connectivity index (χ1) is 8.38. The Labute approximate surface area is 97.7 Å². The molecule has 1 aromatic carbocycles. The van der Waals surface area contributed by atoms with Crippen LogP contribution in [0.25, 0.3) is 0 Å². The molecule has 0 heterocycles. The molecule has 0 aliphatic carbocycles. The van der Waals surface area contributed by atoms with Gasteiger partial charge in [0, 0.05) is 0 Å². The Kier molecular flexibility index (Phi) is 3.87. The number of carboxylic acid groups (broad SMARTS) is 1. The molecule has 0 fully saturated rings. The van der Waals surface area contributed by atoms with Gasteiger partial charge in [-0.1, -0.05) is 0 Å². The van der Waals surface area contributed by atoms with E-state index in [4.69, 9.17) is 5.11 Å². The Bertz CT molecular complexity index is 516. The first kappa shape index (κ1) is 13.5. The van der Waals surface area contributed by atoms with Crippen LogP contribution in [0.4, 0.5) is 14.5 Å². The zero-order valence-corrected chi connectivity index (χ0v) is 8.50. The summed E-state index contributed by atoms with van der Waals surface area (Å²) in [6, 6.07) is 1.61. The summed E-state index contributed by atoms with van der Waals surface area (Å²) in [6.45, 7) is -3.45. The zero-order valence-electron chi connectivity index (χ0n) is 8.50. The average molecular weight is 261 g/mol. The van der Waals surface area contributed by atoms with Gasteiger partial charge in [0.15, 0.2) is 6.29 Å². The molecule has 0 saturated carbocycles. The van der Waals surface area contributed by atoms with Crippen LogP contribution in [0.5, 0.6) is 5.75 Å². The summed E-state index contributed by atoms with van der Waals surface area (Å²) in [5, 5.41) is 19.4. The van der Waals surface area contributed by atoms with Gasteiger partial charge in [0.2, 0.25) is 5.75 Å². The Morgan fingerprint density at radius 3 is 2.50 bits per heavy atom. The van der Waals surface area contributed by atoms with Crippen LogP contribution in [0.1, 0.15) is 20.7 Å². The minimum absolute atomic E-state index is 0.0437. The van der Waals surface area contributed by atoms with Crippen molar-refractivity contribution in [2.45, 2.75) is 6.61 Å². The number of aromatic carboxylic acids is 1. The zero-order chi connectivity index (χ0) is 13.9. The maximum Gasteiger partial charge on any atom is 0.387 e. The Morgan fingerprint density at radius 2 is 2.11 bits per heavy atom. The van der Waals surface area contributed by atoms with Crippen LogP contribution in [0, 0.1) is 10.1 Å². The van der Waals surface area contributed by atoms with E-state index >= 15 is 0 Å². The number of carboxylic acids is 1. The first-order valence-electron chi connectivity index (χ1n) is 4.33. The molecule has 0 unspecified atom stereocenters. The Balaban J connectivity index is 3.59. The Morgan fingerprint density at radius 1 is 1.50 bits per heavy atom. The van der Waals surface area contributed by atoms with Crippen molar-refractivity contribution in [1.29, 1.82) is 0 Å². The largest absolute Gasteiger partial charge is 0.478 e. The van der Waals surface area contributed by atoms with Gasteiger partial charge in [0.25, 0.3) is 0 Å². The molecule has 0 radical (unpaired) electrons.